The molecular weight excluding hydrogens is 192 g/mol. The number of esters is 1. The van der Waals surface area contributed by atoms with Gasteiger partial charge in [-0.1, -0.05) is 6.92 Å². The van der Waals surface area contributed by atoms with E-state index in [0.29, 0.717) is 6.42 Å². The maximum absolute atomic E-state index is 11.4. The van der Waals surface area contributed by atoms with Gasteiger partial charge < -0.3 is 10.1 Å². The lowest BCUT2D eigenvalue weighted by atomic mass is 10.1. The van der Waals surface area contributed by atoms with Gasteiger partial charge in [-0.15, -0.1) is 0 Å². The van der Waals surface area contributed by atoms with Crippen LogP contribution in [0.15, 0.2) is 0 Å². The SMILES string of the molecule is CCNC(C)CC(=N)C(=O)OC(C)(C)C. The number of hydrogen-bond acceptors (Lipinski definition) is 4. The summed E-state index contributed by atoms with van der Waals surface area (Å²) >= 11 is 0. The molecule has 0 fully saturated rings. The molecule has 0 heterocycles. The van der Waals surface area contributed by atoms with Crippen molar-refractivity contribution < 1.29 is 9.53 Å². The zero-order valence-corrected chi connectivity index (χ0v) is 10.3. The van der Waals surface area contributed by atoms with Crippen LogP contribution in [0.4, 0.5) is 0 Å². The minimum atomic E-state index is -0.523. The molecule has 0 aromatic heterocycles. The van der Waals surface area contributed by atoms with Gasteiger partial charge in [-0.2, -0.15) is 0 Å². The second-order valence-electron chi connectivity index (χ2n) is 4.64. The number of ether oxygens (including phenoxy) is 1. The molecule has 4 heteroatoms. The quantitative estimate of drug-likeness (QED) is 0.541. The largest absolute Gasteiger partial charge is 0.456 e. The van der Waals surface area contributed by atoms with E-state index in [9.17, 15) is 4.79 Å². The molecule has 0 saturated carbocycles. The van der Waals surface area contributed by atoms with Crippen LogP contribution in [-0.4, -0.2) is 29.9 Å². The van der Waals surface area contributed by atoms with E-state index in [1.54, 1.807) is 20.8 Å². The lowest BCUT2D eigenvalue weighted by molar-refractivity contribution is -0.146. The monoisotopic (exact) mass is 214 g/mol. The van der Waals surface area contributed by atoms with Gasteiger partial charge >= 0.3 is 5.97 Å². The molecule has 15 heavy (non-hydrogen) atoms. The highest BCUT2D eigenvalue weighted by molar-refractivity contribution is 6.35. The third-order valence-corrected chi connectivity index (χ3v) is 1.71. The van der Waals surface area contributed by atoms with Crippen LogP contribution >= 0.6 is 0 Å². The molecule has 0 amide bonds. The van der Waals surface area contributed by atoms with Crippen molar-refractivity contribution in [3.8, 4) is 0 Å². The molecule has 0 saturated heterocycles. The van der Waals surface area contributed by atoms with Crippen molar-refractivity contribution >= 4 is 11.7 Å². The smallest absolute Gasteiger partial charge is 0.352 e. The van der Waals surface area contributed by atoms with Gasteiger partial charge in [0.1, 0.15) is 11.3 Å². The van der Waals surface area contributed by atoms with Gasteiger partial charge in [-0.3, -0.25) is 5.41 Å². The normalized spacial score (nSPS) is 13.4. The van der Waals surface area contributed by atoms with Crippen LogP contribution in [0.2, 0.25) is 0 Å². The maximum atomic E-state index is 11.4. The standard InChI is InChI=1S/C11H22N2O2/c1-6-13-8(2)7-9(12)10(14)15-11(3,4)5/h8,12-13H,6-7H2,1-5H3. The Labute approximate surface area is 91.9 Å². The summed E-state index contributed by atoms with van der Waals surface area (Å²) in [5, 5.41) is 10.7. The summed E-state index contributed by atoms with van der Waals surface area (Å²) in [6.07, 6.45) is 0.406. The van der Waals surface area contributed by atoms with Gasteiger partial charge in [0, 0.05) is 12.5 Å². The average Bonchev–Trinajstić information content (AvgIpc) is 2.00. The molecule has 0 bridgehead atoms. The molecule has 88 valence electrons. The Morgan fingerprint density at radius 2 is 2.00 bits per heavy atom. The fraction of sp³-hybridized carbons (Fsp3) is 0.818. The summed E-state index contributed by atoms with van der Waals surface area (Å²) < 4.78 is 5.09. The van der Waals surface area contributed by atoms with Gasteiger partial charge in [0.15, 0.2) is 0 Å². The van der Waals surface area contributed by atoms with Crippen LogP contribution in [0.3, 0.4) is 0 Å². The first kappa shape index (κ1) is 14.1. The zero-order chi connectivity index (χ0) is 12.1. The van der Waals surface area contributed by atoms with E-state index >= 15 is 0 Å². The van der Waals surface area contributed by atoms with Crippen molar-refractivity contribution in [1.29, 1.82) is 5.41 Å². The first-order chi connectivity index (χ1) is 6.76. The predicted octanol–water partition coefficient (Wildman–Crippen LogP) is 1.74. The predicted molar refractivity (Wildman–Crippen MR) is 61.3 cm³/mol. The lowest BCUT2D eigenvalue weighted by Crippen LogP contribution is -2.34. The van der Waals surface area contributed by atoms with Crippen LogP contribution in [0.1, 0.15) is 41.0 Å². The van der Waals surface area contributed by atoms with E-state index in [0.717, 1.165) is 6.54 Å². The molecule has 0 aromatic carbocycles. The summed E-state index contributed by atoms with van der Waals surface area (Å²) in [7, 11) is 0. The zero-order valence-electron chi connectivity index (χ0n) is 10.3. The van der Waals surface area contributed by atoms with E-state index in [1.807, 2.05) is 13.8 Å². The Morgan fingerprint density at radius 1 is 1.47 bits per heavy atom. The Morgan fingerprint density at radius 3 is 2.40 bits per heavy atom. The first-order valence-corrected chi connectivity index (χ1v) is 5.30. The Kier molecular flexibility index (Phi) is 5.50. The summed E-state index contributed by atoms with van der Waals surface area (Å²) in [6.45, 7) is 10.2. The number of hydrogen-bond donors (Lipinski definition) is 2. The maximum Gasteiger partial charge on any atom is 0.352 e. The molecule has 0 rings (SSSR count). The average molecular weight is 214 g/mol. The van der Waals surface area contributed by atoms with Crippen molar-refractivity contribution in [3.05, 3.63) is 0 Å². The molecule has 4 nitrogen and oxygen atoms in total. The minimum absolute atomic E-state index is 0.0263. The molecular formula is C11H22N2O2. The molecule has 0 aliphatic rings. The molecule has 0 aromatic rings. The molecule has 0 aliphatic carbocycles. The number of nitrogens with one attached hydrogen (secondary N) is 2. The number of rotatable bonds is 5. The van der Waals surface area contributed by atoms with Crippen LogP contribution in [-0.2, 0) is 9.53 Å². The van der Waals surface area contributed by atoms with Crippen LogP contribution < -0.4 is 5.32 Å². The Bertz CT molecular complexity index is 231. The van der Waals surface area contributed by atoms with Crippen molar-refractivity contribution in [2.24, 2.45) is 0 Å². The van der Waals surface area contributed by atoms with Crippen LogP contribution in [0.25, 0.3) is 0 Å². The highest BCUT2D eigenvalue weighted by Gasteiger charge is 2.20. The fourth-order valence-electron chi connectivity index (χ4n) is 1.15. The van der Waals surface area contributed by atoms with E-state index in [4.69, 9.17) is 10.1 Å². The third-order valence-electron chi connectivity index (χ3n) is 1.71. The highest BCUT2D eigenvalue weighted by atomic mass is 16.6. The van der Waals surface area contributed by atoms with Crippen molar-refractivity contribution in [1.82, 2.24) is 5.32 Å². The second kappa shape index (κ2) is 5.85. The van der Waals surface area contributed by atoms with Gasteiger partial charge in [0.25, 0.3) is 0 Å². The van der Waals surface area contributed by atoms with E-state index in [1.165, 1.54) is 0 Å². The highest BCUT2D eigenvalue weighted by Crippen LogP contribution is 2.08. The molecule has 1 unspecified atom stereocenters. The topological polar surface area (TPSA) is 62.2 Å². The molecule has 2 N–H and O–H groups in total. The molecule has 0 aliphatic heterocycles. The Balaban J connectivity index is 4.06. The first-order valence-electron chi connectivity index (χ1n) is 5.30. The molecule has 1 atom stereocenters. The van der Waals surface area contributed by atoms with Crippen LogP contribution in [0, 0.1) is 5.41 Å². The fourth-order valence-corrected chi connectivity index (χ4v) is 1.15. The van der Waals surface area contributed by atoms with E-state index in [2.05, 4.69) is 5.32 Å². The van der Waals surface area contributed by atoms with Gasteiger partial charge in [0.05, 0.1) is 0 Å². The summed E-state index contributed by atoms with van der Waals surface area (Å²) in [5.41, 5.74) is -0.497. The summed E-state index contributed by atoms with van der Waals surface area (Å²) in [6, 6.07) is 0.134. The number of carbonyl (C=O) groups is 1. The van der Waals surface area contributed by atoms with Gasteiger partial charge in [-0.05, 0) is 34.2 Å². The lowest BCUT2D eigenvalue weighted by Gasteiger charge is -2.20. The van der Waals surface area contributed by atoms with Gasteiger partial charge in [-0.25, -0.2) is 4.79 Å². The Hall–Kier alpha value is -0.900. The van der Waals surface area contributed by atoms with E-state index in [-0.39, 0.29) is 11.8 Å². The van der Waals surface area contributed by atoms with E-state index < -0.39 is 11.6 Å². The van der Waals surface area contributed by atoms with Crippen molar-refractivity contribution in [2.45, 2.75) is 52.7 Å². The minimum Gasteiger partial charge on any atom is -0.456 e. The summed E-state index contributed by atoms with van der Waals surface area (Å²) in [5.74, 6) is -0.521. The molecule has 0 radical (unpaired) electrons. The molecule has 0 spiro atoms. The summed E-state index contributed by atoms with van der Waals surface area (Å²) in [4.78, 5) is 11.4. The van der Waals surface area contributed by atoms with Crippen molar-refractivity contribution in [3.63, 3.8) is 0 Å². The third kappa shape index (κ3) is 7.08. The van der Waals surface area contributed by atoms with Gasteiger partial charge in [0.2, 0.25) is 0 Å². The second-order valence-corrected chi connectivity index (χ2v) is 4.64. The van der Waals surface area contributed by atoms with Crippen LogP contribution in [0.5, 0.6) is 0 Å². The van der Waals surface area contributed by atoms with Crippen molar-refractivity contribution in [2.75, 3.05) is 6.54 Å². The number of carbonyl (C=O) groups excluding carboxylic acids is 1.